The van der Waals surface area contributed by atoms with Gasteiger partial charge in [0.05, 0.1) is 11.0 Å². The van der Waals surface area contributed by atoms with Gasteiger partial charge in [-0.3, -0.25) is 4.79 Å². The zero-order valence-electron chi connectivity index (χ0n) is 13.8. The average molecular weight is 434 g/mol. The van der Waals surface area contributed by atoms with Crippen LogP contribution in [0.4, 0.5) is 5.69 Å². The van der Waals surface area contributed by atoms with E-state index < -0.39 is 10.0 Å². The number of amides is 1. The minimum atomic E-state index is -3.68. The van der Waals surface area contributed by atoms with Gasteiger partial charge in [0.1, 0.15) is 0 Å². The number of carbonyl (C=O) groups excluding carboxylic acids is 1. The van der Waals surface area contributed by atoms with Gasteiger partial charge in [-0.15, -0.1) is 0 Å². The molecule has 1 aliphatic rings. The van der Waals surface area contributed by atoms with E-state index in [2.05, 4.69) is 20.7 Å². The number of carbonyl (C=O) groups is 1. The second-order valence-corrected chi connectivity index (χ2v) is 8.49. The molecule has 0 fully saturated rings. The Balaban J connectivity index is 1.78. The highest BCUT2D eigenvalue weighted by molar-refractivity contribution is 9.10. The predicted octanol–water partition coefficient (Wildman–Crippen LogP) is 2.84. The van der Waals surface area contributed by atoms with Crippen molar-refractivity contribution in [2.75, 3.05) is 18.0 Å². The lowest BCUT2D eigenvalue weighted by Crippen LogP contribution is -2.29. The summed E-state index contributed by atoms with van der Waals surface area (Å²) >= 11 is 3.43. The van der Waals surface area contributed by atoms with Gasteiger partial charge in [0.15, 0.2) is 0 Å². The molecule has 1 N–H and O–H groups in total. The maximum Gasteiger partial charge on any atom is 0.258 e. The maximum atomic E-state index is 12.8. The molecule has 26 heavy (non-hydrogen) atoms. The van der Waals surface area contributed by atoms with E-state index in [1.165, 1.54) is 24.3 Å². The quantitative estimate of drug-likeness (QED) is 0.733. The number of rotatable bonds is 5. The Morgan fingerprint density at radius 1 is 1.23 bits per heavy atom. The number of nitrogens with one attached hydrogen (secondary N) is 1. The van der Waals surface area contributed by atoms with Crippen molar-refractivity contribution in [3.8, 4) is 6.07 Å². The molecule has 0 spiro atoms. The number of hydrogen-bond acceptors (Lipinski definition) is 4. The van der Waals surface area contributed by atoms with Crippen LogP contribution in [0.2, 0.25) is 0 Å². The normalized spacial score (nSPS) is 13.3. The molecule has 0 aromatic heterocycles. The zero-order chi connectivity index (χ0) is 18.7. The largest absolute Gasteiger partial charge is 0.308 e. The number of sulfonamides is 1. The number of benzene rings is 2. The summed E-state index contributed by atoms with van der Waals surface area (Å²) in [5, 5.41) is 8.49. The first-order valence-corrected chi connectivity index (χ1v) is 10.3. The van der Waals surface area contributed by atoms with E-state index in [4.69, 9.17) is 5.26 Å². The fourth-order valence-electron chi connectivity index (χ4n) is 2.84. The van der Waals surface area contributed by atoms with Crippen LogP contribution in [0.15, 0.2) is 51.8 Å². The average Bonchev–Trinajstić information content (AvgIpc) is 3.04. The van der Waals surface area contributed by atoms with Crippen LogP contribution in [0.5, 0.6) is 0 Å². The van der Waals surface area contributed by atoms with Crippen molar-refractivity contribution >= 4 is 37.5 Å². The van der Waals surface area contributed by atoms with E-state index in [-0.39, 0.29) is 23.8 Å². The molecule has 0 atom stereocenters. The van der Waals surface area contributed by atoms with Crippen LogP contribution < -0.4 is 9.62 Å². The Labute approximate surface area is 160 Å². The van der Waals surface area contributed by atoms with Gasteiger partial charge in [0, 0.05) is 35.2 Å². The van der Waals surface area contributed by atoms with Crippen molar-refractivity contribution in [2.45, 2.75) is 17.7 Å². The van der Waals surface area contributed by atoms with E-state index >= 15 is 0 Å². The van der Waals surface area contributed by atoms with Gasteiger partial charge in [0.25, 0.3) is 5.91 Å². The number of hydrogen-bond donors (Lipinski definition) is 1. The van der Waals surface area contributed by atoms with Crippen molar-refractivity contribution in [1.82, 2.24) is 4.72 Å². The summed E-state index contributed by atoms with van der Waals surface area (Å²) < 4.78 is 27.6. The van der Waals surface area contributed by atoms with E-state index in [1.807, 2.05) is 24.3 Å². The summed E-state index contributed by atoms with van der Waals surface area (Å²) in [5.41, 5.74) is 2.42. The Bertz CT molecular complexity index is 982. The van der Waals surface area contributed by atoms with Crippen molar-refractivity contribution in [2.24, 2.45) is 0 Å². The SMILES string of the molecule is N#CCCNS(=O)(=O)c1ccc(C(=O)N2CCc3cc(Br)ccc32)cc1. The Kier molecular flexibility index (Phi) is 5.41. The smallest absolute Gasteiger partial charge is 0.258 e. The van der Waals surface area contributed by atoms with Crippen molar-refractivity contribution in [3.05, 3.63) is 58.1 Å². The minimum Gasteiger partial charge on any atom is -0.308 e. The number of nitriles is 1. The monoisotopic (exact) mass is 433 g/mol. The Hall–Kier alpha value is -2.21. The highest BCUT2D eigenvalue weighted by Crippen LogP contribution is 2.31. The van der Waals surface area contributed by atoms with Gasteiger partial charge in [0.2, 0.25) is 10.0 Å². The topological polar surface area (TPSA) is 90.3 Å². The van der Waals surface area contributed by atoms with E-state index in [9.17, 15) is 13.2 Å². The molecule has 2 aromatic rings. The Morgan fingerprint density at radius 2 is 1.96 bits per heavy atom. The third-order valence-corrected chi connectivity index (χ3v) is 6.09. The third kappa shape index (κ3) is 3.80. The summed E-state index contributed by atoms with van der Waals surface area (Å²) in [6.45, 7) is 0.653. The fourth-order valence-corrected chi connectivity index (χ4v) is 4.28. The summed E-state index contributed by atoms with van der Waals surface area (Å²) in [6, 6.07) is 13.5. The molecule has 3 rings (SSSR count). The number of fused-ring (bicyclic) bond motifs is 1. The number of halogens is 1. The maximum absolute atomic E-state index is 12.8. The minimum absolute atomic E-state index is 0.0552. The van der Waals surface area contributed by atoms with Gasteiger partial charge in [-0.2, -0.15) is 5.26 Å². The van der Waals surface area contributed by atoms with Gasteiger partial charge >= 0.3 is 0 Å². The lowest BCUT2D eigenvalue weighted by atomic mass is 10.1. The standard InChI is InChI=1S/C18H16BrN3O3S/c19-15-4-7-17-14(12-15)8-11-22(17)18(23)13-2-5-16(6-3-13)26(24,25)21-10-1-9-20/h2-7,12,21H,1,8,10-11H2. The lowest BCUT2D eigenvalue weighted by molar-refractivity contribution is 0.0989. The molecule has 8 heteroatoms. The molecule has 6 nitrogen and oxygen atoms in total. The summed E-state index contributed by atoms with van der Waals surface area (Å²) in [6.07, 6.45) is 0.885. The van der Waals surface area contributed by atoms with Gasteiger partial charge in [-0.1, -0.05) is 15.9 Å². The van der Waals surface area contributed by atoms with Crippen LogP contribution in [0.3, 0.4) is 0 Å². The Morgan fingerprint density at radius 3 is 2.65 bits per heavy atom. The third-order valence-electron chi connectivity index (χ3n) is 4.12. The molecule has 134 valence electrons. The molecule has 0 saturated heterocycles. The van der Waals surface area contributed by atoms with Crippen LogP contribution in [-0.2, 0) is 16.4 Å². The summed E-state index contributed by atoms with van der Waals surface area (Å²) in [4.78, 5) is 14.6. The van der Waals surface area contributed by atoms with E-state index in [0.29, 0.717) is 12.1 Å². The van der Waals surface area contributed by atoms with Crippen molar-refractivity contribution in [1.29, 1.82) is 5.26 Å². The van der Waals surface area contributed by atoms with Crippen molar-refractivity contribution in [3.63, 3.8) is 0 Å². The fraction of sp³-hybridized carbons (Fsp3) is 0.222. The molecular formula is C18H16BrN3O3S. The van der Waals surface area contributed by atoms with Crippen LogP contribution >= 0.6 is 15.9 Å². The molecule has 0 unspecified atom stereocenters. The first kappa shape index (κ1) is 18.6. The predicted molar refractivity (Wildman–Crippen MR) is 101 cm³/mol. The molecule has 0 saturated carbocycles. The molecule has 0 aliphatic carbocycles. The summed E-state index contributed by atoms with van der Waals surface area (Å²) in [5.74, 6) is -0.160. The zero-order valence-corrected chi connectivity index (χ0v) is 16.2. The summed E-state index contributed by atoms with van der Waals surface area (Å²) in [7, 11) is -3.68. The van der Waals surface area contributed by atoms with E-state index in [1.54, 1.807) is 4.90 Å². The van der Waals surface area contributed by atoms with E-state index in [0.717, 1.165) is 22.1 Å². The van der Waals surface area contributed by atoms with Gasteiger partial charge < -0.3 is 4.90 Å². The first-order chi connectivity index (χ1) is 12.4. The van der Waals surface area contributed by atoms with Gasteiger partial charge in [-0.05, 0) is 54.4 Å². The highest BCUT2D eigenvalue weighted by Gasteiger charge is 2.26. The first-order valence-electron chi connectivity index (χ1n) is 7.99. The molecule has 1 heterocycles. The molecule has 0 radical (unpaired) electrons. The molecule has 1 aliphatic heterocycles. The highest BCUT2D eigenvalue weighted by atomic mass is 79.9. The van der Waals surface area contributed by atoms with Crippen molar-refractivity contribution < 1.29 is 13.2 Å². The van der Waals surface area contributed by atoms with Crippen LogP contribution in [0, 0.1) is 11.3 Å². The molecule has 0 bridgehead atoms. The van der Waals surface area contributed by atoms with Crippen LogP contribution in [-0.4, -0.2) is 27.4 Å². The second kappa shape index (κ2) is 7.58. The molecule has 1 amide bonds. The van der Waals surface area contributed by atoms with Crippen LogP contribution in [0.1, 0.15) is 22.3 Å². The molecule has 2 aromatic carbocycles. The lowest BCUT2D eigenvalue weighted by Gasteiger charge is -2.17. The number of anilines is 1. The van der Waals surface area contributed by atoms with Gasteiger partial charge in [-0.25, -0.2) is 13.1 Å². The molecular weight excluding hydrogens is 418 g/mol. The second-order valence-electron chi connectivity index (χ2n) is 5.81. The van der Waals surface area contributed by atoms with Crippen LogP contribution in [0.25, 0.3) is 0 Å². The number of nitrogens with zero attached hydrogens (tertiary/aromatic N) is 2.